The molecule has 2 rings (SSSR count). The van der Waals surface area contributed by atoms with Gasteiger partial charge in [0.05, 0.1) is 24.1 Å². The van der Waals surface area contributed by atoms with Crippen molar-refractivity contribution in [2.24, 2.45) is 12.2 Å². The van der Waals surface area contributed by atoms with Gasteiger partial charge in [-0.05, 0) is 13.8 Å². The molecule has 1 aliphatic rings. The molecule has 0 unspecified atom stereocenters. The van der Waals surface area contributed by atoms with Crippen LogP contribution in [0.5, 0.6) is 5.88 Å². The standard InChI is InChI=1S/C12H14F5N3O4S.C3H8NO5P.K.H/c1-11(2)4-7(19-24-11)25(21,22)5-6-8(12(15,16)17)18-20(3)9(6)23-10(13)14;5-3(6)1-4-2-10(7,8)9;;/h10H,4-5H2,1-3H3;4H,1-2H2,(H,5,6)(H2,7,8,9);;. The number of hydrogen-bond donors (Lipinski definition) is 4. The van der Waals surface area contributed by atoms with E-state index in [0.717, 1.165) is 7.05 Å². The number of nitrogens with one attached hydrogen (secondary N) is 1. The van der Waals surface area contributed by atoms with Crippen molar-refractivity contribution in [3.8, 4) is 5.88 Å². The van der Waals surface area contributed by atoms with E-state index < -0.39 is 82.6 Å². The number of hydrogen-bond acceptors (Lipinski definition) is 9. The second-order valence-corrected chi connectivity index (χ2v) is 11.2. The van der Waals surface area contributed by atoms with Gasteiger partial charge in [-0.25, -0.2) is 13.1 Å². The summed E-state index contributed by atoms with van der Waals surface area (Å²) in [6.07, 6.45) is -5.82. The predicted octanol–water partition coefficient (Wildman–Crippen LogP) is 0.615. The Hall–Kier alpha value is -0.704. The summed E-state index contributed by atoms with van der Waals surface area (Å²) in [5.74, 6) is -3.38. The molecule has 0 spiro atoms. The third-order valence-corrected chi connectivity index (χ3v) is 6.06. The van der Waals surface area contributed by atoms with Gasteiger partial charge in [-0.2, -0.15) is 27.1 Å². The van der Waals surface area contributed by atoms with Crippen molar-refractivity contribution in [1.29, 1.82) is 0 Å². The van der Waals surface area contributed by atoms with Crippen molar-refractivity contribution in [2.75, 3.05) is 12.8 Å². The fraction of sp³-hybridized carbons (Fsp3) is 0.667. The monoisotopic (exact) mass is 600 g/mol. The molecular formula is C15H23F5KN4O9PS. The maximum absolute atomic E-state index is 13.1. The van der Waals surface area contributed by atoms with Gasteiger partial charge in [-0.15, -0.1) is 0 Å². The van der Waals surface area contributed by atoms with Crippen molar-refractivity contribution in [3.63, 3.8) is 0 Å². The van der Waals surface area contributed by atoms with Crippen LogP contribution in [0.1, 0.15) is 31.5 Å². The van der Waals surface area contributed by atoms with Crippen molar-refractivity contribution in [1.82, 2.24) is 15.1 Å². The molecule has 0 radical (unpaired) electrons. The van der Waals surface area contributed by atoms with E-state index in [0.29, 0.717) is 4.68 Å². The molecule has 21 heteroatoms. The minimum atomic E-state index is -5.06. The van der Waals surface area contributed by atoms with Crippen LogP contribution in [0.15, 0.2) is 5.16 Å². The van der Waals surface area contributed by atoms with Gasteiger partial charge in [0.2, 0.25) is 5.88 Å². The van der Waals surface area contributed by atoms with E-state index in [1.54, 1.807) is 0 Å². The Morgan fingerprint density at radius 3 is 2.28 bits per heavy atom. The molecule has 0 atom stereocenters. The molecule has 1 aromatic heterocycles. The molecule has 1 aliphatic heterocycles. The average molecular weight is 600 g/mol. The van der Waals surface area contributed by atoms with Gasteiger partial charge < -0.3 is 24.5 Å². The molecule has 204 valence electrons. The van der Waals surface area contributed by atoms with E-state index in [1.165, 1.54) is 13.8 Å². The summed E-state index contributed by atoms with van der Waals surface area (Å²) >= 11 is 0. The number of sulfone groups is 1. The average Bonchev–Trinajstić information content (AvgIpc) is 3.14. The quantitative estimate of drug-likeness (QED) is 0.186. The second kappa shape index (κ2) is 13.4. The van der Waals surface area contributed by atoms with Crippen molar-refractivity contribution in [3.05, 3.63) is 11.3 Å². The maximum atomic E-state index is 13.1. The molecule has 0 bridgehead atoms. The third-order valence-electron chi connectivity index (χ3n) is 3.82. The number of alkyl halides is 5. The number of aryl methyl sites for hydroxylation is 1. The Balaban J connectivity index is 0.000000948. The number of nitrogens with zero attached hydrogens (tertiary/aromatic N) is 3. The van der Waals surface area contributed by atoms with Gasteiger partial charge in [-0.1, -0.05) is 5.16 Å². The number of halogens is 5. The Kier molecular flexibility index (Phi) is 13.1. The van der Waals surface area contributed by atoms with Crippen LogP contribution in [0.4, 0.5) is 22.0 Å². The van der Waals surface area contributed by atoms with Crippen LogP contribution >= 0.6 is 7.60 Å². The Bertz CT molecular complexity index is 1110. The van der Waals surface area contributed by atoms with E-state index in [9.17, 15) is 39.7 Å². The van der Waals surface area contributed by atoms with Gasteiger partial charge in [0.25, 0.3) is 0 Å². The van der Waals surface area contributed by atoms with Crippen LogP contribution in [0.25, 0.3) is 0 Å². The zero-order chi connectivity index (χ0) is 27.4. The van der Waals surface area contributed by atoms with E-state index in [-0.39, 0.29) is 57.8 Å². The van der Waals surface area contributed by atoms with Crippen LogP contribution in [0, 0.1) is 0 Å². The van der Waals surface area contributed by atoms with E-state index in [1.807, 2.05) is 0 Å². The first-order valence-electron chi connectivity index (χ1n) is 9.17. The van der Waals surface area contributed by atoms with Gasteiger partial charge in [0.15, 0.2) is 20.6 Å². The molecule has 0 fully saturated rings. The Labute approximate surface area is 243 Å². The van der Waals surface area contributed by atoms with Crippen LogP contribution in [0.2, 0.25) is 0 Å². The van der Waals surface area contributed by atoms with Crippen molar-refractivity contribution >= 4 is 79.8 Å². The summed E-state index contributed by atoms with van der Waals surface area (Å²) < 4.78 is 103. The van der Waals surface area contributed by atoms with Gasteiger partial charge >= 0.3 is 77.7 Å². The van der Waals surface area contributed by atoms with Crippen molar-refractivity contribution in [2.45, 2.75) is 44.4 Å². The number of carbonyl (C=O) groups is 1. The first kappa shape index (κ1) is 35.3. The predicted molar refractivity (Wildman–Crippen MR) is 114 cm³/mol. The summed E-state index contributed by atoms with van der Waals surface area (Å²) in [7, 11) is -7.53. The number of oxime groups is 1. The van der Waals surface area contributed by atoms with E-state index in [2.05, 4.69) is 20.3 Å². The van der Waals surface area contributed by atoms with Gasteiger partial charge in [0.1, 0.15) is 5.60 Å². The number of aromatic nitrogens is 2. The molecular weight excluding hydrogens is 577 g/mol. The van der Waals surface area contributed by atoms with E-state index >= 15 is 0 Å². The molecule has 4 N–H and O–H groups in total. The molecule has 0 saturated heterocycles. The second-order valence-electron chi connectivity index (χ2n) is 7.55. The minimum absolute atomic E-state index is 0. The molecule has 13 nitrogen and oxygen atoms in total. The number of ether oxygens (including phenoxy) is 1. The van der Waals surface area contributed by atoms with Crippen LogP contribution in [-0.2, 0) is 43.0 Å². The summed E-state index contributed by atoms with van der Waals surface area (Å²) in [5, 5.41) is 16.0. The van der Waals surface area contributed by atoms with Crippen LogP contribution in [-0.4, -0.2) is 121 Å². The fourth-order valence-corrected chi connectivity index (χ4v) is 4.42. The van der Waals surface area contributed by atoms with E-state index in [4.69, 9.17) is 19.7 Å². The molecule has 2 heterocycles. The number of carboxylic acid groups (broad SMARTS) is 1. The summed E-state index contributed by atoms with van der Waals surface area (Å²) in [6, 6.07) is 0. The first-order chi connectivity index (χ1) is 15.6. The number of carboxylic acids is 1. The van der Waals surface area contributed by atoms with Gasteiger partial charge in [-0.3, -0.25) is 14.7 Å². The van der Waals surface area contributed by atoms with Crippen molar-refractivity contribution < 1.29 is 64.2 Å². The summed E-state index contributed by atoms with van der Waals surface area (Å²) in [5.41, 5.74) is -3.57. The third kappa shape index (κ3) is 11.8. The van der Waals surface area contributed by atoms with Gasteiger partial charge in [0, 0.05) is 13.5 Å². The molecule has 0 saturated carbocycles. The molecule has 0 aliphatic carbocycles. The SMILES string of the molecule is Cn1nc(C(F)(F)F)c(CS(=O)(=O)C2=NOC(C)(C)C2)c1OC(F)F.O=C(O)CNCP(=O)(O)O.[KH]. The van der Waals surface area contributed by atoms with Crippen LogP contribution < -0.4 is 10.1 Å². The Morgan fingerprint density at radius 2 is 1.89 bits per heavy atom. The fourth-order valence-electron chi connectivity index (χ4n) is 2.49. The number of rotatable bonds is 8. The summed E-state index contributed by atoms with van der Waals surface area (Å²) in [6.45, 7) is -0.819. The summed E-state index contributed by atoms with van der Waals surface area (Å²) in [4.78, 5) is 31.0. The molecule has 0 amide bonds. The topological polar surface area (TPSA) is 190 Å². The zero-order valence-corrected chi connectivity index (χ0v) is 20.0. The normalized spacial score (nSPS) is 15.4. The molecule has 0 aromatic carbocycles. The first-order valence-corrected chi connectivity index (χ1v) is 12.6. The molecule has 1 aromatic rings. The zero-order valence-electron chi connectivity index (χ0n) is 18.3. The molecule has 36 heavy (non-hydrogen) atoms. The number of aliphatic carboxylic acids is 1. The van der Waals surface area contributed by atoms with Crippen LogP contribution in [0.3, 0.4) is 0 Å². The Morgan fingerprint density at radius 1 is 1.33 bits per heavy atom.